The fourth-order valence-corrected chi connectivity index (χ4v) is 0.950. The third kappa shape index (κ3) is 7.22. The Morgan fingerprint density at radius 2 is 2.07 bits per heavy atom. The van der Waals surface area contributed by atoms with Gasteiger partial charge >= 0.3 is 0 Å². The molecule has 4 N–H and O–H groups in total. The van der Waals surface area contributed by atoms with E-state index in [1.807, 2.05) is 6.92 Å². The van der Waals surface area contributed by atoms with E-state index < -0.39 is 5.91 Å². The first-order chi connectivity index (χ1) is 7.02. The van der Waals surface area contributed by atoms with Gasteiger partial charge in [-0.1, -0.05) is 13.3 Å². The summed E-state index contributed by atoms with van der Waals surface area (Å²) in [6, 6.07) is 0. The van der Waals surface area contributed by atoms with Gasteiger partial charge in [0.15, 0.2) is 0 Å². The van der Waals surface area contributed by atoms with Gasteiger partial charge in [0.25, 0.3) is 0 Å². The van der Waals surface area contributed by atoms with Gasteiger partial charge in [-0.2, -0.15) is 0 Å². The first kappa shape index (κ1) is 14.3. The molecule has 0 bridgehead atoms. The molecule has 1 aliphatic heterocycles. The van der Waals surface area contributed by atoms with Gasteiger partial charge in [-0.25, -0.2) is 0 Å². The number of nitrogens with two attached hydrogens (primary N) is 2. The molecule has 0 saturated carbocycles. The van der Waals surface area contributed by atoms with Crippen LogP contribution in [0.4, 0.5) is 0 Å². The Labute approximate surface area is 95.6 Å². The zero-order chi connectivity index (χ0) is 11.8. The second-order valence-corrected chi connectivity index (χ2v) is 3.68. The van der Waals surface area contributed by atoms with Crippen LogP contribution in [0.15, 0.2) is 11.3 Å². The molecule has 0 aromatic carbocycles. The third-order valence-electron chi connectivity index (χ3n) is 1.95. The topological polar surface area (TPSA) is 81.6 Å². The van der Waals surface area contributed by atoms with E-state index in [2.05, 4.69) is 0 Å². The number of epoxide rings is 1. The summed E-state index contributed by atoms with van der Waals surface area (Å²) in [7, 11) is 0. The van der Waals surface area contributed by atoms with Crippen molar-refractivity contribution in [1.82, 2.24) is 0 Å². The summed E-state index contributed by atoms with van der Waals surface area (Å²) < 4.78 is 4.73. The molecule has 1 rings (SSSR count). The minimum Gasteiger partial charge on any atom is -0.402 e. The van der Waals surface area contributed by atoms with Gasteiger partial charge in [0.05, 0.1) is 18.6 Å². The molecule has 0 aliphatic carbocycles. The molecule has 0 radical (unpaired) electrons. The Balaban J connectivity index is 0.000000322. The van der Waals surface area contributed by atoms with E-state index >= 15 is 0 Å². The van der Waals surface area contributed by atoms with Crippen molar-refractivity contribution >= 4 is 17.5 Å². The molecule has 1 aliphatic rings. The highest BCUT2D eigenvalue weighted by Gasteiger charge is 2.19. The largest absolute Gasteiger partial charge is 0.402 e. The lowest BCUT2D eigenvalue weighted by Gasteiger charge is -2.01. The molecule has 0 aromatic heterocycles. The van der Waals surface area contributed by atoms with Crippen LogP contribution in [0.1, 0.15) is 26.7 Å². The number of hydrogen-bond donors (Lipinski definition) is 2. The van der Waals surface area contributed by atoms with Crippen LogP contribution in [-0.4, -0.2) is 24.5 Å². The molecule has 1 unspecified atom stereocenters. The summed E-state index contributed by atoms with van der Waals surface area (Å²) in [6.07, 6.45) is 2.09. The zero-order valence-electron chi connectivity index (χ0n) is 9.25. The van der Waals surface area contributed by atoms with Crippen molar-refractivity contribution in [2.45, 2.75) is 32.8 Å². The van der Waals surface area contributed by atoms with Crippen LogP contribution in [0.2, 0.25) is 0 Å². The lowest BCUT2D eigenvalue weighted by atomic mass is 10.1. The van der Waals surface area contributed by atoms with Gasteiger partial charge in [-0.15, -0.1) is 11.6 Å². The van der Waals surface area contributed by atoms with Crippen molar-refractivity contribution < 1.29 is 9.53 Å². The average molecular weight is 235 g/mol. The predicted octanol–water partition coefficient (Wildman–Crippen LogP) is 1.13. The molecule has 0 aromatic rings. The van der Waals surface area contributed by atoms with E-state index in [1.165, 1.54) is 0 Å². The summed E-state index contributed by atoms with van der Waals surface area (Å²) >= 11 is 5.27. The lowest BCUT2D eigenvalue weighted by Crippen LogP contribution is -2.16. The van der Waals surface area contributed by atoms with E-state index in [0.29, 0.717) is 23.3 Å². The molecule has 0 spiro atoms. The fraction of sp³-hybridized carbons (Fsp3) is 0.700. The molecule has 1 fully saturated rings. The summed E-state index contributed by atoms with van der Waals surface area (Å²) in [5, 5.41) is 0. The van der Waals surface area contributed by atoms with Crippen LogP contribution in [0, 0.1) is 0 Å². The number of carbonyl (C=O) groups excluding carboxylic acids is 1. The van der Waals surface area contributed by atoms with E-state index in [9.17, 15) is 4.79 Å². The Morgan fingerprint density at radius 3 is 2.27 bits per heavy atom. The molecule has 4 nitrogen and oxygen atoms in total. The van der Waals surface area contributed by atoms with E-state index in [4.69, 9.17) is 27.8 Å². The van der Waals surface area contributed by atoms with Crippen molar-refractivity contribution in [3.8, 4) is 0 Å². The highest BCUT2D eigenvalue weighted by molar-refractivity contribution is 6.18. The monoisotopic (exact) mass is 234 g/mol. The van der Waals surface area contributed by atoms with Crippen molar-refractivity contribution in [3.05, 3.63) is 11.3 Å². The SMILES string of the molecule is CCC/C(N)=C(/C)C(N)=O.ClCC1CO1. The minimum atomic E-state index is -0.425. The van der Waals surface area contributed by atoms with Gasteiger partial charge in [-0.05, 0) is 13.3 Å². The smallest absolute Gasteiger partial charge is 0.246 e. The molecule has 1 atom stereocenters. The Hall–Kier alpha value is -0.740. The molecule has 1 saturated heterocycles. The minimum absolute atomic E-state index is 0.400. The third-order valence-corrected chi connectivity index (χ3v) is 2.29. The van der Waals surface area contributed by atoms with Crippen LogP contribution in [0.3, 0.4) is 0 Å². The quantitative estimate of drug-likeness (QED) is 0.435. The number of carbonyl (C=O) groups is 1. The summed E-state index contributed by atoms with van der Waals surface area (Å²) in [5.74, 6) is 0.242. The molecular formula is C10H19ClN2O2. The molecule has 88 valence electrons. The van der Waals surface area contributed by atoms with Crippen molar-refractivity contribution in [2.24, 2.45) is 11.5 Å². The number of hydrogen-bond acceptors (Lipinski definition) is 3. The van der Waals surface area contributed by atoms with Crippen molar-refractivity contribution in [1.29, 1.82) is 0 Å². The molecule has 1 amide bonds. The van der Waals surface area contributed by atoms with E-state index in [-0.39, 0.29) is 0 Å². The number of halogens is 1. The standard InChI is InChI=1S/C7H14N2O.C3H5ClO/c1-3-4-6(8)5(2)7(9)10;4-1-3-2-5-3/h3-4,8H2,1-2H3,(H2,9,10);3H,1-2H2/b6-5+;. The number of rotatable bonds is 4. The summed E-state index contributed by atoms with van der Waals surface area (Å²) in [5.41, 5.74) is 11.6. The van der Waals surface area contributed by atoms with Gasteiger partial charge in [-0.3, -0.25) is 4.79 Å². The molecule has 5 heteroatoms. The number of allylic oxidation sites excluding steroid dienone is 1. The Kier molecular flexibility index (Phi) is 7.17. The normalized spacial score (nSPS) is 19.8. The highest BCUT2D eigenvalue weighted by Crippen LogP contribution is 2.08. The zero-order valence-corrected chi connectivity index (χ0v) is 10.0. The first-order valence-corrected chi connectivity index (χ1v) is 5.48. The van der Waals surface area contributed by atoms with Gasteiger partial charge < -0.3 is 16.2 Å². The number of ether oxygens (including phenoxy) is 1. The fourth-order valence-electron chi connectivity index (χ4n) is 0.772. The average Bonchev–Trinajstić information content (AvgIpc) is 3.00. The van der Waals surface area contributed by atoms with Crippen molar-refractivity contribution in [2.75, 3.05) is 12.5 Å². The van der Waals surface area contributed by atoms with Crippen molar-refractivity contribution in [3.63, 3.8) is 0 Å². The molecular weight excluding hydrogens is 216 g/mol. The molecule has 1 heterocycles. The lowest BCUT2D eigenvalue weighted by molar-refractivity contribution is -0.114. The second-order valence-electron chi connectivity index (χ2n) is 3.37. The van der Waals surface area contributed by atoms with E-state index in [0.717, 1.165) is 19.4 Å². The van der Waals surface area contributed by atoms with Gasteiger partial charge in [0.2, 0.25) is 5.91 Å². The summed E-state index contributed by atoms with van der Waals surface area (Å²) in [6.45, 7) is 4.53. The summed E-state index contributed by atoms with van der Waals surface area (Å²) in [4.78, 5) is 10.5. The maximum Gasteiger partial charge on any atom is 0.246 e. The van der Waals surface area contributed by atoms with Gasteiger partial charge in [0, 0.05) is 11.3 Å². The number of amides is 1. The second kappa shape index (κ2) is 7.54. The Bertz CT molecular complexity index is 238. The van der Waals surface area contributed by atoms with Gasteiger partial charge in [0.1, 0.15) is 0 Å². The van der Waals surface area contributed by atoms with Crippen LogP contribution in [-0.2, 0) is 9.53 Å². The molecule has 15 heavy (non-hydrogen) atoms. The van der Waals surface area contributed by atoms with Crippen LogP contribution < -0.4 is 11.5 Å². The van der Waals surface area contributed by atoms with Crippen LogP contribution in [0.25, 0.3) is 0 Å². The number of primary amides is 1. The highest BCUT2D eigenvalue weighted by atomic mass is 35.5. The van der Waals surface area contributed by atoms with Crippen LogP contribution >= 0.6 is 11.6 Å². The first-order valence-electron chi connectivity index (χ1n) is 4.95. The van der Waals surface area contributed by atoms with Crippen LogP contribution in [0.5, 0.6) is 0 Å². The number of alkyl halides is 1. The predicted molar refractivity (Wildman–Crippen MR) is 61.4 cm³/mol. The maximum absolute atomic E-state index is 10.5. The van der Waals surface area contributed by atoms with E-state index in [1.54, 1.807) is 6.92 Å². The maximum atomic E-state index is 10.5. The Morgan fingerprint density at radius 1 is 1.53 bits per heavy atom.